The van der Waals surface area contributed by atoms with Crippen LogP contribution in [-0.4, -0.2) is 49.9 Å². The van der Waals surface area contributed by atoms with Crippen molar-refractivity contribution in [3.05, 3.63) is 29.3 Å². The molecule has 0 aliphatic carbocycles. The summed E-state index contributed by atoms with van der Waals surface area (Å²) in [5, 5.41) is 14.5. The Labute approximate surface area is 142 Å². The third-order valence-corrected chi connectivity index (χ3v) is 5.10. The number of rotatable bonds is 4. The van der Waals surface area contributed by atoms with Crippen LogP contribution in [0.15, 0.2) is 12.3 Å². The van der Waals surface area contributed by atoms with E-state index in [9.17, 15) is 4.79 Å². The zero-order valence-electron chi connectivity index (χ0n) is 14.8. The maximum atomic E-state index is 12.7. The van der Waals surface area contributed by atoms with E-state index < -0.39 is 0 Å². The van der Waals surface area contributed by atoms with Gasteiger partial charge >= 0.3 is 0 Å². The summed E-state index contributed by atoms with van der Waals surface area (Å²) in [7, 11) is 1.89. The molecule has 1 saturated heterocycles. The van der Waals surface area contributed by atoms with Gasteiger partial charge in [0.25, 0.3) is 0 Å². The first kappa shape index (κ1) is 16.7. The minimum Gasteiger partial charge on any atom is -0.322 e. The number of piperidine rings is 1. The molecule has 24 heavy (non-hydrogen) atoms. The van der Waals surface area contributed by atoms with Crippen molar-refractivity contribution in [2.24, 2.45) is 7.05 Å². The molecular weight excluding hydrogens is 304 g/mol. The van der Waals surface area contributed by atoms with Gasteiger partial charge in [-0.25, -0.2) is 0 Å². The third-order valence-electron chi connectivity index (χ3n) is 5.10. The number of likely N-dealkylation sites (tertiary alicyclic amines) is 1. The summed E-state index contributed by atoms with van der Waals surface area (Å²) in [5.41, 5.74) is 3.81. The van der Waals surface area contributed by atoms with Crippen LogP contribution in [0.4, 0.5) is 5.69 Å². The number of amides is 1. The molecule has 2 aromatic heterocycles. The molecule has 0 bridgehead atoms. The van der Waals surface area contributed by atoms with E-state index in [4.69, 9.17) is 0 Å². The summed E-state index contributed by atoms with van der Waals surface area (Å²) in [5.74, 6) is 0.442. The number of H-pyrrole nitrogens is 1. The molecule has 2 aromatic rings. The monoisotopic (exact) mass is 330 g/mol. The SMILES string of the molecule is Cc1nn(C)c(C)c1NC(=O)C(C)N1CCCC(c2ccn[nH]2)C1. The number of carbonyl (C=O) groups excluding carboxylic acids is 1. The van der Waals surface area contributed by atoms with Gasteiger partial charge in [0.2, 0.25) is 5.91 Å². The minimum absolute atomic E-state index is 0.0273. The van der Waals surface area contributed by atoms with Crippen LogP contribution in [0.1, 0.15) is 42.8 Å². The van der Waals surface area contributed by atoms with Gasteiger partial charge in [-0.2, -0.15) is 10.2 Å². The summed E-state index contributed by atoms with van der Waals surface area (Å²) in [6.45, 7) is 7.69. The second-order valence-corrected chi connectivity index (χ2v) is 6.68. The van der Waals surface area contributed by atoms with Crippen molar-refractivity contribution in [2.75, 3.05) is 18.4 Å². The van der Waals surface area contributed by atoms with Gasteiger partial charge in [-0.3, -0.25) is 19.5 Å². The van der Waals surface area contributed by atoms with E-state index in [1.165, 1.54) is 0 Å². The van der Waals surface area contributed by atoms with Crippen LogP contribution < -0.4 is 5.32 Å². The molecule has 1 fully saturated rings. The van der Waals surface area contributed by atoms with Gasteiger partial charge in [0.05, 0.1) is 23.1 Å². The van der Waals surface area contributed by atoms with Crippen molar-refractivity contribution in [1.29, 1.82) is 0 Å². The quantitative estimate of drug-likeness (QED) is 0.898. The Balaban J connectivity index is 1.66. The van der Waals surface area contributed by atoms with Crippen molar-refractivity contribution >= 4 is 11.6 Å². The average molecular weight is 330 g/mol. The number of nitrogens with zero attached hydrogens (tertiary/aromatic N) is 4. The number of hydrogen-bond acceptors (Lipinski definition) is 4. The van der Waals surface area contributed by atoms with Gasteiger partial charge in [-0.05, 0) is 46.2 Å². The lowest BCUT2D eigenvalue weighted by molar-refractivity contribution is -0.121. The fourth-order valence-corrected chi connectivity index (χ4v) is 3.45. The Morgan fingerprint density at radius 1 is 1.46 bits per heavy atom. The van der Waals surface area contributed by atoms with E-state index >= 15 is 0 Å². The molecule has 2 unspecified atom stereocenters. The Hall–Kier alpha value is -2.15. The number of carbonyl (C=O) groups is 1. The fraction of sp³-hybridized carbons (Fsp3) is 0.588. The van der Waals surface area contributed by atoms with E-state index in [-0.39, 0.29) is 11.9 Å². The number of aromatic amines is 1. The molecule has 7 heteroatoms. The highest BCUT2D eigenvalue weighted by Gasteiger charge is 2.29. The number of nitrogens with one attached hydrogen (secondary N) is 2. The molecule has 2 N–H and O–H groups in total. The van der Waals surface area contributed by atoms with Crippen molar-refractivity contribution in [1.82, 2.24) is 24.9 Å². The minimum atomic E-state index is -0.172. The molecular formula is C17H26N6O. The molecule has 0 saturated carbocycles. The first-order chi connectivity index (χ1) is 11.5. The highest BCUT2D eigenvalue weighted by Crippen LogP contribution is 2.27. The Morgan fingerprint density at radius 2 is 2.25 bits per heavy atom. The van der Waals surface area contributed by atoms with Gasteiger partial charge < -0.3 is 5.32 Å². The maximum Gasteiger partial charge on any atom is 0.241 e. The van der Waals surface area contributed by atoms with Crippen LogP contribution >= 0.6 is 0 Å². The highest BCUT2D eigenvalue weighted by molar-refractivity contribution is 5.95. The van der Waals surface area contributed by atoms with Crippen LogP contribution in [0.2, 0.25) is 0 Å². The van der Waals surface area contributed by atoms with Crippen LogP contribution in [0, 0.1) is 13.8 Å². The van der Waals surface area contributed by atoms with E-state index in [1.54, 1.807) is 10.9 Å². The lowest BCUT2D eigenvalue weighted by Gasteiger charge is -2.35. The van der Waals surface area contributed by atoms with E-state index in [1.807, 2.05) is 33.9 Å². The van der Waals surface area contributed by atoms with Gasteiger partial charge in [0.1, 0.15) is 0 Å². The summed E-state index contributed by atoms with van der Waals surface area (Å²) < 4.78 is 1.80. The Morgan fingerprint density at radius 3 is 2.88 bits per heavy atom. The Bertz CT molecular complexity index is 705. The van der Waals surface area contributed by atoms with Crippen molar-refractivity contribution in [3.8, 4) is 0 Å². The molecule has 0 radical (unpaired) electrons. The molecule has 7 nitrogen and oxygen atoms in total. The Kier molecular flexibility index (Phi) is 4.71. The second kappa shape index (κ2) is 6.76. The summed E-state index contributed by atoms with van der Waals surface area (Å²) in [6.07, 6.45) is 4.01. The van der Waals surface area contributed by atoms with E-state index in [0.717, 1.165) is 48.7 Å². The number of aromatic nitrogens is 4. The topological polar surface area (TPSA) is 78.8 Å². The second-order valence-electron chi connectivity index (χ2n) is 6.68. The highest BCUT2D eigenvalue weighted by atomic mass is 16.2. The van der Waals surface area contributed by atoms with Crippen molar-refractivity contribution in [2.45, 2.75) is 45.6 Å². The van der Waals surface area contributed by atoms with Crippen LogP contribution in [0.3, 0.4) is 0 Å². The molecule has 0 aromatic carbocycles. The summed E-state index contributed by atoms with van der Waals surface area (Å²) in [6, 6.07) is 1.86. The summed E-state index contributed by atoms with van der Waals surface area (Å²) in [4.78, 5) is 15.0. The van der Waals surface area contributed by atoms with Crippen molar-refractivity contribution < 1.29 is 4.79 Å². The number of anilines is 1. The van der Waals surface area contributed by atoms with Crippen LogP contribution in [0.25, 0.3) is 0 Å². The predicted molar refractivity (Wildman–Crippen MR) is 92.9 cm³/mol. The average Bonchev–Trinajstić information content (AvgIpc) is 3.19. The largest absolute Gasteiger partial charge is 0.322 e. The molecule has 3 rings (SSSR count). The molecule has 3 heterocycles. The lowest BCUT2D eigenvalue weighted by atomic mass is 9.94. The van der Waals surface area contributed by atoms with Gasteiger partial charge in [0.15, 0.2) is 0 Å². The van der Waals surface area contributed by atoms with Gasteiger partial charge in [0, 0.05) is 31.4 Å². The molecule has 1 aliphatic heterocycles. The first-order valence-corrected chi connectivity index (χ1v) is 8.51. The van der Waals surface area contributed by atoms with E-state index in [2.05, 4.69) is 25.5 Å². The van der Waals surface area contributed by atoms with E-state index in [0.29, 0.717) is 5.92 Å². The van der Waals surface area contributed by atoms with Crippen LogP contribution in [-0.2, 0) is 11.8 Å². The smallest absolute Gasteiger partial charge is 0.241 e. The number of aryl methyl sites for hydroxylation is 2. The zero-order chi connectivity index (χ0) is 17.3. The predicted octanol–water partition coefficient (Wildman–Crippen LogP) is 1.97. The van der Waals surface area contributed by atoms with Gasteiger partial charge in [-0.15, -0.1) is 0 Å². The third kappa shape index (κ3) is 3.21. The molecule has 0 spiro atoms. The van der Waals surface area contributed by atoms with Crippen LogP contribution in [0.5, 0.6) is 0 Å². The summed E-state index contributed by atoms with van der Waals surface area (Å²) >= 11 is 0. The first-order valence-electron chi connectivity index (χ1n) is 8.51. The van der Waals surface area contributed by atoms with Gasteiger partial charge in [-0.1, -0.05) is 0 Å². The molecule has 1 amide bonds. The molecule has 1 aliphatic rings. The normalized spacial score (nSPS) is 20.1. The van der Waals surface area contributed by atoms with Crippen molar-refractivity contribution in [3.63, 3.8) is 0 Å². The maximum absolute atomic E-state index is 12.7. The lowest BCUT2D eigenvalue weighted by Crippen LogP contribution is -2.46. The molecule has 2 atom stereocenters. The number of hydrogen-bond donors (Lipinski definition) is 2. The molecule has 130 valence electrons. The standard InChI is InChI=1S/C17H26N6O/c1-11-16(12(2)22(4)21-11)19-17(24)13(3)23-9-5-6-14(10-23)15-7-8-18-20-15/h7-8,13-14H,5-6,9-10H2,1-4H3,(H,18,20)(H,19,24). The zero-order valence-corrected chi connectivity index (χ0v) is 14.8. The fourth-order valence-electron chi connectivity index (χ4n) is 3.45.